The van der Waals surface area contributed by atoms with E-state index in [0.29, 0.717) is 25.6 Å². The highest BCUT2D eigenvalue weighted by Gasteiger charge is 2.23. The number of thiophene rings is 1. The van der Waals surface area contributed by atoms with E-state index in [9.17, 15) is 4.79 Å². The average molecular weight is 381 g/mol. The van der Waals surface area contributed by atoms with Crippen LogP contribution in [0.25, 0.3) is 0 Å². The first-order valence-electron chi connectivity index (χ1n) is 8.60. The SMILES string of the molecule is CC(C)c1nnsc1CNC(=O)N(Cc1ccsc1)CC1CCCO1. The molecule has 1 unspecified atom stereocenters. The summed E-state index contributed by atoms with van der Waals surface area (Å²) in [6.07, 6.45) is 2.23. The summed E-state index contributed by atoms with van der Waals surface area (Å²) in [6, 6.07) is 1.99. The lowest BCUT2D eigenvalue weighted by atomic mass is 10.1. The van der Waals surface area contributed by atoms with Gasteiger partial charge < -0.3 is 15.0 Å². The van der Waals surface area contributed by atoms with E-state index < -0.39 is 0 Å². The Morgan fingerprint density at radius 1 is 1.52 bits per heavy atom. The van der Waals surface area contributed by atoms with Crippen molar-refractivity contribution in [3.8, 4) is 0 Å². The average Bonchev–Trinajstić information content (AvgIpc) is 3.34. The van der Waals surface area contributed by atoms with E-state index in [-0.39, 0.29) is 12.1 Å². The monoisotopic (exact) mass is 380 g/mol. The predicted octanol–water partition coefficient (Wildman–Crippen LogP) is 3.61. The van der Waals surface area contributed by atoms with Crippen LogP contribution in [0.15, 0.2) is 16.8 Å². The summed E-state index contributed by atoms with van der Waals surface area (Å²) >= 11 is 3.00. The van der Waals surface area contributed by atoms with Crippen LogP contribution in [-0.2, 0) is 17.8 Å². The molecule has 0 spiro atoms. The summed E-state index contributed by atoms with van der Waals surface area (Å²) in [5, 5.41) is 11.3. The second-order valence-corrected chi connectivity index (χ2v) is 8.16. The maximum atomic E-state index is 12.8. The van der Waals surface area contributed by atoms with Crippen LogP contribution >= 0.6 is 22.9 Å². The van der Waals surface area contributed by atoms with Gasteiger partial charge in [-0.05, 0) is 52.7 Å². The third-order valence-corrected chi connectivity index (χ3v) is 5.69. The molecule has 1 aliphatic heterocycles. The van der Waals surface area contributed by atoms with E-state index in [4.69, 9.17) is 4.74 Å². The number of nitrogens with zero attached hydrogens (tertiary/aromatic N) is 3. The largest absolute Gasteiger partial charge is 0.376 e. The lowest BCUT2D eigenvalue weighted by molar-refractivity contribution is 0.0794. The lowest BCUT2D eigenvalue weighted by Gasteiger charge is -2.25. The van der Waals surface area contributed by atoms with E-state index in [1.165, 1.54) is 11.5 Å². The number of hydrogen-bond donors (Lipinski definition) is 1. The van der Waals surface area contributed by atoms with Crippen molar-refractivity contribution in [1.29, 1.82) is 0 Å². The van der Waals surface area contributed by atoms with Gasteiger partial charge in [-0.1, -0.05) is 18.3 Å². The number of urea groups is 1. The molecule has 8 heteroatoms. The minimum atomic E-state index is -0.0650. The highest BCUT2D eigenvalue weighted by atomic mass is 32.1. The van der Waals surface area contributed by atoms with Crippen molar-refractivity contribution in [1.82, 2.24) is 19.8 Å². The lowest BCUT2D eigenvalue weighted by Crippen LogP contribution is -2.43. The van der Waals surface area contributed by atoms with E-state index in [1.54, 1.807) is 11.3 Å². The molecule has 3 heterocycles. The number of carbonyl (C=O) groups is 1. The maximum Gasteiger partial charge on any atom is 0.318 e. The van der Waals surface area contributed by atoms with Crippen molar-refractivity contribution >= 4 is 28.9 Å². The van der Waals surface area contributed by atoms with Crippen molar-refractivity contribution in [2.24, 2.45) is 0 Å². The third kappa shape index (κ3) is 4.99. The second-order valence-electron chi connectivity index (χ2n) is 6.54. The molecule has 2 amide bonds. The zero-order valence-electron chi connectivity index (χ0n) is 14.6. The Morgan fingerprint density at radius 3 is 3.08 bits per heavy atom. The molecular formula is C17H24N4O2S2. The molecule has 1 atom stereocenters. The number of ether oxygens (including phenoxy) is 1. The zero-order chi connectivity index (χ0) is 17.6. The van der Waals surface area contributed by atoms with Crippen molar-refractivity contribution in [2.75, 3.05) is 13.2 Å². The number of carbonyl (C=O) groups excluding carboxylic acids is 1. The fourth-order valence-electron chi connectivity index (χ4n) is 2.90. The van der Waals surface area contributed by atoms with Gasteiger partial charge in [-0.3, -0.25) is 0 Å². The molecule has 1 fully saturated rings. The summed E-state index contributed by atoms with van der Waals surface area (Å²) in [7, 11) is 0. The Bertz CT molecular complexity index is 666. The van der Waals surface area contributed by atoms with E-state index in [0.717, 1.165) is 35.6 Å². The van der Waals surface area contributed by atoms with Crippen LogP contribution in [0, 0.1) is 0 Å². The highest BCUT2D eigenvalue weighted by molar-refractivity contribution is 7.08. The van der Waals surface area contributed by atoms with Crippen LogP contribution in [0.5, 0.6) is 0 Å². The van der Waals surface area contributed by atoms with E-state index >= 15 is 0 Å². The minimum Gasteiger partial charge on any atom is -0.376 e. The van der Waals surface area contributed by atoms with Gasteiger partial charge >= 0.3 is 6.03 Å². The number of rotatable bonds is 7. The molecule has 2 aromatic rings. The first-order valence-corrected chi connectivity index (χ1v) is 10.3. The Hall–Kier alpha value is -1.51. The van der Waals surface area contributed by atoms with Gasteiger partial charge in [0.25, 0.3) is 0 Å². The van der Waals surface area contributed by atoms with Gasteiger partial charge in [0.05, 0.1) is 23.2 Å². The van der Waals surface area contributed by atoms with Crippen LogP contribution < -0.4 is 5.32 Å². The predicted molar refractivity (Wildman–Crippen MR) is 99.9 cm³/mol. The van der Waals surface area contributed by atoms with Crippen molar-refractivity contribution in [2.45, 2.75) is 51.8 Å². The van der Waals surface area contributed by atoms with Gasteiger partial charge in [0.1, 0.15) is 0 Å². The minimum absolute atomic E-state index is 0.0650. The van der Waals surface area contributed by atoms with Gasteiger partial charge in [-0.15, -0.1) is 5.10 Å². The van der Waals surface area contributed by atoms with Gasteiger partial charge in [0.15, 0.2) is 0 Å². The molecule has 1 saturated heterocycles. The van der Waals surface area contributed by atoms with Gasteiger partial charge in [-0.25, -0.2) is 4.79 Å². The number of nitrogens with one attached hydrogen (secondary N) is 1. The van der Waals surface area contributed by atoms with Crippen molar-refractivity contribution < 1.29 is 9.53 Å². The Labute approximate surface area is 156 Å². The smallest absolute Gasteiger partial charge is 0.318 e. The fourth-order valence-corrected chi connectivity index (χ4v) is 4.29. The molecule has 2 aromatic heterocycles. The molecule has 1 aliphatic rings. The number of aromatic nitrogens is 2. The van der Waals surface area contributed by atoms with Crippen molar-refractivity contribution in [3.63, 3.8) is 0 Å². The molecule has 3 rings (SSSR count). The maximum absolute atomic E-state index is 12.8. The summed E-state index contributed by atoms with van der Waals surface area (Å²) in [4.78, 5) is 15.6. The third-order valence-electron chi connectivity index (χ3n) is 4.22. The zero-order valence-corrected chi connectivity index (χ0v) is 16.2. The number of hydrogen-bond acceptors (Lipinski definition) is 6. The van der Waals surface area contributed by atoms with Crippen LogP contribution in [0.3, 0.4) is 0 Å². The molecule has 0 aromatic carbocycles. The summed E-state index contributed by atoms with van der Waals surface area (Å²) < 4.78 is 9.74. The Balaban J connectivity index is 1.62. The Morgan fingerprint density at radius 2 is 2.40 bits per heavy atom. The van der Waals surface area contributed by atoms with Crippen molar-refractivity contribution in [3.05, 3.63) is 33.0 Å². The molecule has 136 valence electrons. The second kappa shape index (κ2) is 8.73. The molecule has 1 N–H and O–H groups in total. The standard InChI is InChI=1S/C17H24N4O2S2/c1-12(2)16-15(25-20-19-16)8-18-17(22)21(9-13-5-7-24-11-13)10-14-4-3-6-23-14/h5,7,11-12,14H,3-4,6,8-10H2,1-2H3,(H,18,22). The summed E-state index contributed by atoms with van der Waals surface area (Å²) in [5.41, 5.74) is 2.12. The quantitative estimate of drug-likeness (QED) is 0.797. The van der Waals surface area contributed by atoms with Crippen LogP contribution in [0.2, 0.25) is 0 Å². The Kier molecular flexibility index (Phi) is 6.39. The fraction of sp³-hybridized carbons (Fsp3) is 0.588. The topological polar surface area (TPSA) is 67.4 Å². The van der Waals surface area contributed by atoms with E-state index in [1.807, 2.05) is 10.3 Å². The normalized spacial score (nSPS) is 17.2. The van der Waals surface area contributed by atoms with Crippen LogP contribution in [0.1, 0.15) is 48.7 Å². The molecule has 0 aliphatic carbocycles. The molecule has 0 radical (unpaired) electrons. The molecule has 6 nitrogen and oxygen atoms in total. The van der Waals surface area contributed by atoms with E-state index in [2.05, 4.69) is 40.2 Å². The first kappa shape index (κ1) is 18.3. The number of amides is 2. The molecule has 0 bridgehead atoms. The molecule has 0 saturated carbocycles. The first-order chi connectivity index (χ1) is 12.1. The van der Waals surface area contributed by atoms with Gasteiger partial charge in [0.2, 0.25) is 0 Å². The van der Waals surface area contributed by atoms with Crippen LogP contribution in [0.4, 0.5) is 4.79 Å². The van der Waals surface area contributed by atoms with Crippen LogP contribution in [-0.4, -0.2) is 39.8 Å². The van der Waals surface area contributed by atoms with Gasteiger partial charge in [0, 0.05) is 19.7 Å². The highest BCUT2D eigenvalue weighted by Crippen LogP contribution is 2.20. The molecular weight excluding hydrogens is 356 g/mol. The van der Waals surface area contributed by atoms with Gasteiger partial charge in [-0.2, -0.15) is 11.3 Å². The molecule has 25 heavy (non-hydrogen) atoms. The summed E-state index contributed by atoms with van der Waals surface area (Å²) in [5.74, 6) is 0.305. The summed E-state index contributed by atoms with van der Waals surface area (Å²) in [6.45, 7) is 6.66.